The van der Waals surface area contributed by atoms with Gasteiger partial charge < -0.3 is 20.3 Å². The molecule has 0 fully saturated rings. The second-order valence-corrected chi connectivity index (χ2v) is 4.32. The molecule has 110 valence electrons. The minimum absolute atomic E-state index is 0. The molecule has 19 heavy (non-hydrogen) atoms. The first-order chi connectivity index (χ1) is 8.54. The summed E-state index contributed by atoms with van der Waals surface area (Å²) in [5.74, 6) is 1.29. The average Bonchev–Trinajstić information content (AvgIpc) is 2.60. The zero-order valence-electron chi connectivity index (χ0n) is 11.9. The molecule has 0 aliphatic heterocycles. The van der Waals surface area contributed by atoms with Gasteiger partial charge in [-0.1, -0.05) is 5.16 Å². The third-order valence-corrected chi connectivity index (χ3v) is 2.64. The predicted octanol–water partition coefficient (Wildman–Crippen LogP) is 1.39. The Morgan fingerprint density at radius 1 is 1.53 bits per heavy atom. The molecule has 6 nitrogen and oxygen atoms in total. The van der Waals surface area contributed by atoms with Crippen LogP contribution in [0.2, 0.25) is 0 Å². The fourth-order valence-corrected chi connectivity index (χ4v) is 1.74. The number of hydrogen-bond donors (Lipinski definition) is 2. The molecule has 0 amide bonds. The Kier molecular flexibility index (Phi) is 8.73. The molecule has 0 bridgehead atoms. The zero-order valence-corrected chi connectivity index (χ0v) is 14.2. The lowest BCUT2D eigenvalue weighted by molar-refractivity contribution is 0.179. The van der Waals surface area contributed by atoms with Crippen molar-refractivity contribution in [3.8, 4) is 0 Å². The molecule has 0 radical (unpaired) electrons. The van der Waals surface area contributed by atoms with Crippen LogP contribution in [0.25, 0.3) is 0 Å². The van der Waals surface area contributed by atoms with Gasteiger partial charge in [-0.3, -0.25) is 4.99 Å². The number of guanidine groups is 1. The van der Waals surface area contributed by atoms with Gasteiger partial charge in [0.2, 0.25) is 0 Å². The standard InChI is InChI=1S/C12H22N4O2.HI/c1-8(7-17-4)15-12(13)14-6-5-11-9(2)16-18-10(11)3;/h8H,5-7H2,1-4H3,(H3,13,14,15);1H. The molecule has 0 saturated carbocycles. The van der Waals surface area contributed by atoms with Crippen LogP contribution in [0.4, 0.5) is 0 Å². The number of aromatic nitrogens is 1. The van der Waals surface area contributed by atoms with Gasteiger partial charge in [0, 0.05) is 25.3 Å². The minimum Gasteiger partial charge on any atom is -0.383 e. The van der Waals surface area contributed by atoms with E-state index in [0.717, 1.165) is 23.4 Å². The molecule has 1 heterocycles. The molecule has 0 spiro atoms. The summed E-state index contributed by atoms with van der Waals surface area (Å²) in [5, 5.41) is 6.95. The van der Waals surface area contributed by atoms with Crippen LogP contribution in [0.5, 0.6) is 0 Å². The van der Waals surface area contributed by atoms with Crippen molar-refractivity contribution >= 4 is 29.9 Å². The van der Waals surface area contributed by atoms with Crippen molar-refractivity contribution in [3.63, 3.8) is 0 Å². The van der Waals surface area contributed by atoms with Crippen LogP contribution in [0.15, 0.2) is 9.52 Å². The van der Waals surface area contributed by atoms with Gasteiger partial charge in [-0.15, -0.1) is 24.0 Å². The quantitative estimate of drug-likeness (QED) is 0.441. The SMILES string of the molecule is COCC(C)NC(N)=NCCc1c(C)noc1C.I. The second kappa shape index (κ2) is 9.13. The topological polar surface area (TPSA) is 85.7 Å². The van der Waals surface area contributed by atoms with Crippen molar-refractivity contribution in [1.82, 2.24) is 10.5 Å². The molecule has 1 rings (SSSR count). The molecule has 1 aromatic heterocycles. The largest absolute Gasteiger partial charge is 0.383 e. The second-order valence-electron chi connectivity index (χ2n) is 4.32. The lowest BCUT2D eigenvalue weighted by Gasteiger charge is -2.12. The van der Waals surface area contributed by atoms with Gasteiger partial charge >= 0.3 is 0 Å². The van der Waals surface area contributed by atoms with Crippen molar-refractivity contribution < 1.29 is 9.26 Å². The number of halogens is 1. The Labute approximate surface area is 131 Å². The Morgan fingerprint density at radius 3 is 2.74 bits per heavy atom. The van der Waals surface area contributed by atoms with Crippen LogP contribution < -0.4 is 11.1 Å². The molecule has 3 N–H and O–H groups in total. The first kappa shape index (κ1) is 18.2. The number of hydrogen-bond acceptors (Lipinski definition) is 4. The van der Waals surface area contributed by atoms with Crippen LogP contribution in [-0.4, -0.2) is 37.4 Å². The maximum absolute atomic E-state index is 5.76. The van der Waals surface area contributed by atoms with Crippen molar-refractivity contribution in [2.75, 3.05) is 20.3 Å². The van der Waals surface area contributed by atoms with E-state index < -0.39 is 0 Å². The van der Waals surface area contributed by atoms with Crippen LogP contribution in [0.3, 0.4) is 0 Å². The molecule has 7 heteroatoms. The Hall–Kier alpha value is -0.830. The van der Waals surface area contributed by atoms with E-state index in [-0.39, 0.29) is 30.0 Å². The molecule has 0 aliphatic rings. The summed E-state index contributed by atoms with van der Waals surface area (Å²) >= 11 is 0. The van der Waals surface area contributed by atoms with Crippen LogP contribution in [0.1, 0.15) is 23.9 Å². The summed E-state index contributed by atoms with van der Waals surface area (Å²) in [4.78, 5) is 4.26. The van der Waals surface area contributed by atoms with E-state index in [1.165, 1.54) is 0 Å². The lowest BCUT2D eigenvalue weighted by atomic mass is 10.1. The minimum atomic E-state index is 0. The lowest BCUT2D eigenvalue weighted by Crippen LogP contribution is -2.40. The first-order valence-electron chi connectivity index (χ1n) is 6.01. The van der Waals surface area contributed by atoms with Gasteiger partial charge in [-0.05, 0) is 27.2 Å². The van der Waals surface area contributed by atoms with Crippen molar-refractivity contribution in [2.24, 2.45) is 10.7 Å². The number of nitrogens with zero attached hydrogens (tertiary/aromatic N) is 2. The van der Waals surface area contributed by atoms with E-state index in [1.54, 1.807) is 7.11 Å². The van der Waals surface area contributed by atoms with Crippen molar-refractivity contribution in [1.29, 1.82) is 0 Å². The summed E-state index contributed by atoms with van der Waals surface area (Å²) in [5.41, 5.74) is 7.79. The number of nitrogens with two attached hydrogens (primary N) is 1. The first-order valence-corrected chi connectivity index (χ1v) is 6.01. The van der Waals surface area contributed by atoms with E-state index in [1.807, 2.05) is 20.8 Å². The molecule has 0 saturated heterocycles. The van der Waals surface area contributed by atoms with E-state index >= 15 is 0 Å². The van der Waals surface area contributed by atoms with Gasteiger partial charge in [0.15, 0.2) is 5.96 Å². The fourth-order valence-electron chi connectivity index (χ4n) is 1.74. The summed E-state index contributed by atoms with van der Waals surface area (Å²) in [6, 6.07) is 0.151. The average molecular weight is 382 g/mol. The van der Waals surface area contributed by atoms with E-state index in [0.29, 0.717) is 19.1 Å². The maximum Gasteiger partial charge on any atom is 0.188 e. The zero-order chi connectivity index (χ0) is 13.5. The molecular formula is C12H23IN4O2. The number of methoxy groups -OCH3 is 1. The summed E-state index contributed by atoms with van der Waals surface area (Å²) in [6.07, 6.45) is 0.780. The van der Waals surface area contributed by atoms with Crippen LogP contribution in [0, 0.1) is 13.8 Å². The molecule has 1 unspecified atom stereocenters. The summed E-state index contributed by atoms with van der Waals surface area (Å²) < 4.78 is 10.1. The van der Waals surface area contributed by atoms with E-state index in [9.17, 15) is 0 Å². The highest BCUT2D eigenvalue weighted by Crippen LogP contribution is 2.12. The van der Waals surface area contributed by atoms with Crippen molar-refractivity contribution in [2.45, 2.75) is 33.2 Å². The van der Waals surface area contributed by atoms with Crippen LogP contribution in [-0.2, 0) is 11.2 Å². The Balaban J connectivity index is 0.00000324. The monoisotopic (exact) mass is 382 g/mol. The van der Waals surface area contributed by atoms with Gasteiger partial charge in [-0.25, -0.2) is 0 Å². The highest BCUT2D eigenvalue weighted by Gasteiger charge is 2.08. The number of rotatable bonds is 6. The van der Waals surface area contributed by atoms with Gasteiger partial charge in [0.1, 0.15) is 5.76 Å². The van der Waals surface area contributed by atoms with Crippen LogP contribution >= 0.6 is 24.0 Å². The molecule has 1 atom stereocenters. The molecule has 1 aromatic rings. The number of nitrogens with one attached hydrogen (secondary N) is 1. The normalized spacial score (nSPS) is 12.9. The maximum atomic E-state index is 5.76. The number of ether oxygens (including phenoxy) is 1. The number of aryl methyl sites for hydroxylation is 2. The number of aliphatic imine (C=N–C) groups is 1. The van der Waals surface area contributed by atoms with E-state index in [4.69, 9.17) is 15.0 Å². The molecular weight excluding hydrogens is 359 g/mol. The summed E-state index contributed by atoms with van der Waals surface area (Å²) in [7, 11) is 1.66. The highest BCUT2D eigenvalue weighted by molar-refractivity contribution is 14.0. The fraction of sp³-hybridized carbons (Fsp3) is 0.667. The van der Waals surface area contributed by atoms with Gasteiger partial charge in [0.25, 0.3) is 0 Å². The van der Waals surface area contributed by atoms with E-state index in [2.05, 4.69) is 15.5 Å². The van der Waals surface area contributed by atoms with Gasteiger partial charge in [-0.2, -0.15) is 0 Å². The van der Waals surface area contributed by atoms with Gasteiger partial charge in [0.05, 0.1) is 12.3 Å². The third-order valence-electron chi connectivity index (χ3n) is 2.64. The third kappa shape index (κ3) is 6.24. The Morgan fingerprint density at radius 2 is 2.21 bits per heavy atom. The Bertz CT molecular complexity index is 387. The smallest absolute Gasteiger partial charge is 0.188 e. The van der Waals surface area contributed by atoms with Crippen molar-refractivity contribution in [3.05, 3.63) is 17.0 Å². The predicted molar refractivity (Wildman–Crippen MR) is 86.1 cm³/mol. The molecule has 0 aromatic carbocycles. The highest BCUT2D eigenvalue weighted by atomic mass is 127. The summed E-state index contributed by atoms with van der Waals surface area (Å²) in [6.45, 7) is 7.03. The molecule has 0 aliphatic carbocycles.